The van der Waals surface area contributed by atoms with Gasteiger partial charge >= 0.3 is 0 Å². The van der Waals surface area contributed by atoms with E-state index in [1.165, 1.54) is 54.4 Å². The summed E-state index contributed by atoms with van der Waals surface area (Å²) in [5.74, 6) is -1.48. The number of hydrogen-bond acceptors (Lipinski definition) is 4. The first-order valence-electron chi connectivity index (χ1n) is 11.5. The number of carbonyl (C=O) groups is 2. The van der Waals surface area contributed by atoms with Crippen LogP contribution in [0, 0.1) is 19.7 Å². The van der Waals surface area contributed by atoms with Crippen molar-refractivity contribution in [3.8, 4) is 0 Å². The van der Waals surface area contributed by atoms with E-state index in [2.05, 4.69) is 5.32 Å². The van der Waals surface area contributed by atoms with E-state index < -0.39 is 40.2 Å². The summed E-state index contributed by atoms with van der Waals surface area (Å²) in [7, 11) is -2.74. The lowest BCUT2D eigenvalue weighted by atomic mass is 10.1. The van der Waals surface area contributed by atoms with E-state index in [-0.39, 0.29) is 17.1 Å². The third-order valence-electron chi connectivity index (χ3n) is 6.01. The average Bonchev–Trinajstić information content (AvgIpc) is 2.87. The smallest absolute Gasteiger partial charge is 0.264 e. The summed E-state index contributed by atoms with van der Waals surface area (Å²) in [5.41, 5.74) is 2.30. The van der Waals surface area contributed by atoms with Gasteiger partial charge in [-0.05, 0) is 68.3 Å². The van der Waals surface area contributed by atoms with Gasteiger partial charge in [0.25, 0.3) is 10.0 Å². The van der Waals surface area contributed by atoms with Crippen molar-refractivity contribution in [1.29, 1.82) is 0 Å². The Morgan fingerprint density at radius 2 is 1.62 bits per heavy atom. The van der Waals surface area contributed by atoms with Crippen molar-refractivity contribution in [2.45, 2.75) is 38.3 Å². The van der Waals surface area contributed by atoms with Gasteiger partial charge in [0.2, 0.25) is 11.8 Å². The SMILES string of the molecule is CNC(=O)C(C)N(Cc1ccc(F)cc1)C(=O)CN(c1cc(Cl)ccc1C)S(=O)(=O)c1ccc(C)cc1. The molecule has 196 valence electrons. The fraction of sp³-hybridized carbons (Fsp3) is 0.259. The van der Waals surface area contributed by atoms with Crippen LogP contribution in [-0.2, 0) is 26.2 Å². The van der Waals surface area contributed by atoms with Gasteiger partial charge in [0.05, 0.1) is 10.6 Å². The average molecular weight is 546 g/mol. The molecule has 0 aromatic heterocycles. The summed E-state index contributed by atoms with van der Waals surface area (Å²) in [6, 6.07) is 15.7. The van der Waals surface area contributed by atoms with E-state index in [0.29, 0.717) is 16.1 Å². The van der Waals surface area contributed by atoms with Gasteiger partial charge in [-0.15, -0.1) is 0 Å². The van der Waals surface area contributed by atoms with Crippen molar-refractivity contribution < 1.29 is 22.4 Å². The van der Waals surface area contributed by atoms with E-state index in [0.717, 1.165) is 9.87 Å². The zero-order chi connectivity index (χ0) is 27.3. The Kier molecular flexibility index (Phi) is 8.94. The van der Waals surface area contributed by atoms with Gasteiger partial charge < -0.3 is 10.2 Å². The lowest BCUT2D eigenvalue weighted by Gasteiger charge is -2.32. The Morgan fingerprint density at radius 1 is 1.00 bits per heavy atom. The largest absolute Gasteiger partial charge is 0.357 e. The van der Waals surface area contributed by atoms with Crippen molar-refractivity contribution >= 4 is 39.1 Å². The Bertz CT molecular complexity index is 1380. The Morgan fingerprint density at radius 3 is 2.22 bits per heavy atom. The van der Waals surface area contributed by atoms with Crippen LogP contribution in [0.2, 0.25) is 5.02 Å². The maximum Gasteiger partial charge on any atom is 0.264 e. The second-order valence-electron chi connectivity index (χ2n) is 8.69. The second kappa shape index (κ2) is 11.7. The number of halogens is 2. The number of nitrogens with one attached hydrogen (secondary N) is 1. The molecule has 0 bridgehead atoms. The number of amides is 2. The molecule has 0 fully saturated rings. The topological polar surface area (TPSA) is 86.8 Å². The quantitative estimate of drug-likeness (QED) is 0.430. The first-order valence-corrected chi connectivity index (χ1v) is 13.4. The minimum absolute atomic E-state index is 0.00899. The predicted octanol–water partition coefficient (Wildman–Crippen LogP) is 4.45. The third-order valence-corrected chi connectivity index (χ3v) is 8.02. The number of nitrogens with zero attached hydrogens (tertiary/aromatic N) is 2. The monoisotopic (exact) mass is 545 g/mol. The molecule has 3 aromatic rings. The molecule has 0 saturated heterocycles. The van der Waals surface area contributed by atoms with Crippen molar-refractivity contribution in [2.75, 3.05) is 17.9 Å². The summed E-state index contributed by atoms with van der Waals surface area (Å²) in [6.07, 6.45) is 0. The first-order chi connectivity index (χ1) is 17.4. The molecule has 0 radical (unpaired) electrons. The van der Waals surface area contributed by atoms with Crippen LogP contribution in [0.3, 0.4) is 0 Å². The van der Waals surface area contributed by atoms with Crippen LogP contribution in [0.1, 0.15) is 23.6 Å². The third kappa shape index (κ3) is 6.67. The number of rotatable bonds is 9. The van der Waals surface area contributed by atoms with Crippen LogP contribution in [0.15, 0.2) is 71.6 Å². The minimum atomic E-state index is -4.19. The van der Waals surface area contributed by atoms with Crippen molar-refractivity contribution in [1.82, 2.24) is 10.2 Å². The lowest BCUT2D eigenvalue weighted by molar-refractivity contribution is -0.139. The Balaban J connectivity index is 2.07. The fourth-order valence-corrected chi connectivity index (χ4v) is 5.42. The highest BCUT2D eigenvalue weighted by Gasteiger charge is 2.33. The van der Waals surface area contributed by atoms with Crippen LogP contribution < -0.4 is 9.62 Å². The molecule has 0 aliphatic heterocycles. The maximum absolute atomic E-state index is 13.8. The van der Waals surface area contributed by atoms with Crippen LogP contribution in [0.5, 0.6) is 0 Å². The van der Waals surface area contributed by atoms with E-state index in [4.69, 9.17) is 11.6 Å². The lowest BCUT2D eigenvalue weighted by Crippen LogP contribution is -2.50. The predicted molar refractivity (Wildman–Crippen MR) is 142 cm³/mol. The van der Waals surface area contributed by atoms with E-state index >= 15 is 0 Å². The summed E-state index contributed by atoms with van der Waals surface area (Å²) >= 11 is 6.21. The van der Waals surface area contributed by atoms with Crippen LogP contribution >= 0.6 is 11.6 Å². The van der Waals surface area contributed by atoms with Crippen LogP contribution in [0.25, 0.3) is 0 Å². The molecule has 10 heteroatoms. The van der Waals surface area contributed by atoms with Gasteiger partial charge in [-0.25, -0.2) is 12.8 Å². The molecule has 7 nitrogen and oxygen atoms in total. The maximum atomic E-state index is 13.8. The number of anilines is 1. The number of aryl methyl sites for hydroxylation is 2. The molecule has 0 saturated carbocycles. The normalized spacial score (nSPS) is 12.1. The van der Waals surface area contributed by atoms with Crippen molar-refractivity contribution in [2.24, 2.45) is 0 Å². The molecule has 0 aliphatic rings. The number of hydrogen-bond donors (Lipinski definition) is 1. The number of carbonyl (C=O) groups excluding carboxylic acids is 2. The molecule has 1 atom stereocenters. The van der Waals surface area contributed by atoms with E-state index in [1.807, 2.05) is 6.92 Å². The molecular weight excluding hydrogens is 517 g/mol. The summed E-state index contributed by atoms with van der Waals surface area (Å²) < 4.78 is 42.1. The van der Waals surface area contributed by atoms with Crippen LogP contribution in [0.4, 0.5) is 10.1 Å². The highest BCUT2D eigenvalue weighted by atomic mass is 35.5. The molecule has 1 N–H and O–H groups in total. The summed E-state index contributed by atoms with van der Waals surface area (Å²) in [5, 5.41) is 2.82. The first kappa shape index (κ1) is 28.1. The zero-order valence-corrected chi connectivity index (χ0v) is 22.6. The Hall–Kier alpha value is -3.43. The molecule has 2 amide bonds. The van der Waals surface area contributed by atoms with Crippen molar-refractivity contribution in [3.63, 3.8) is 0 Å². The molecule has 0 spiro atoms. The highest BCUT2D eigenvalue weighted by molar-refractivity contribution is 7.92. The summed E-state index contributed by atoms with van der Waals surface area (Å²) in [6.45, 7) is 4.49. The minimum Gasteiger partial charge on any atom is -0.357 e. The molecule has 1 unspecified atom stereocenters. The second-order valence-corrected chi connectivity index (χ2v) is 11.0. The van der Waals surface area contributed by atoms with Crippen LogP contribution in [-0.4, -0.2) is 44.8 Å². The molecule has 3 aromatic carbocycles. The van der Waals surface area contributed by atoms with E-state index in [9.17, 15) is 22.4 Å². The molecule has 0 aliphatic carbocycles. The number of sulfonamides is 1. The number of likely N-dealkylation sites (N-methyl/N-ethyl adjacent to an activating group) is 1. The van der Waals surface area contributed by atoms with Gasteiger partial charge in [0, 0.05) is 18.6 Å². The highest BCUT2D eigenvalue weighted by Crippen LogP contribution is 2.30. The molecule has 37 heavy (non-hydrogen) atoms. The van der Waals surface area contributed by atoms with Crippen molar-refractivity contribution in [3.05, 3.63) is 94.3 Å². The molecule has 3 rings (SSSR count). The van der Waals surface area contributed by atoms with E-state index in [1.54, 1.807) is 38.1 Å². The van der Waals surface area contributed by atoms with Gasteiger partial charge in [0.1, 0.15) is 18.4 Å². The summed E-state index contributed by atoms with van der Waals surface area (Å²) in [4.78, 5) is 27.5. The number of benzene rings is 3. The Labute approximate surface area is 221 Å². The fourth-order valence-electron chi connectivity index (χ4n) is 3.78. The van der Waals surface area contributed by atoms with Gasteiger partial charge in [-0.3, -0.25) is 13.9 Å². The standard InChI is InChI=1S/C27H29ClFN3O4S/c1-18-5-13-24(14-6-18)37(35,36)32(25-15-22(28)10-7-19(25)2)17-26(33)31(20(3)27(34)30-4)16-21-8-11-23(29)12-9-21/h5-15,20H,16-17H2,1-4H3,(H,30,34). The van der Waals surface area contributed by atoms with Gasteiger partial charge in [0.15, 0.2) is 0 Å². The van der Waals surface area contributed by atoms with Gasteiger partial charge in [-0.2, -0.15) is 0 Å². The molecular formula is C27H29ClFN3O4S. The zero-order valence-electron chi connectivity index (χ0n) is 21.0. The molecule has 0 heterocycles. The van der Waals surface area contributed by atoms with Gasteiger partial charge in [-0.1, -0.05) is 47.5 Å².